The van der Waals surface area contributed by atoms with Gasteiger partial charge in [-0.3, -0.25) is 0 Å². The highest BCUT2D eigenvalue weighted by molar-refractivity contribution is 6.17. The molecule has 78 valence electrons. The smallest absolute Gasteiger partial charge is 0.0474 e. The Morgan fingerprint density at radius 3 is 2.50 bits per heavy atom. The van der Waals surface area contributed by atoms with Crippen LogP contribution in [0.4, 0.5) is 0 Å². The number of halogens is 2. The van der Waals surface area contributed by atoms with Crippen molar-refractivity contribution in [2.45, 2.75) is 32.1 Å². The van der Waals surface area contributed by atoms with E-state index >= 15 is 0 Å². The first-order valence-corrected chi connectivity index (χ1v) is 6.11. The SMILES string of the molecule is CCc1cc(CCl)ccc1CCCCl. The zero-order valence-corrected chi connectivity index (χ0v) is 10.0. The van der Waals surface area contributed by atoms with Gasteiger partial charge in [0.15, 0.2) is 0 Å². The maximum absolute atomic E-state index is 5.79. The van der Waals surface area contributed by atoms with E-state index in [-0.39, 0.29) is 0 Å². The lowest BCUT2D eigenvalue weighted by molar-refractivity contribution is 0.903. The molecule has 1 rings (SSSR count). The summed E-state index contributed by atoms with van der Waals surface area (Å²) in [6.07, 6.45) is 3.20. The summed E-state index contributed by atoms with van der Waals surface area (Å²) in [7, 11) is 0. The van der Waals surface area contributed by atoms with Crippen LogP contribution in [0.3, 0.4) is 0 Å². The fourth-order valence-electron chi connectivity index (χ4n) is 1.59. The van der Waals surface area contributed by atoms with Gasteiger partial charge >= 0.3 is 0 Å². The van der Waals surface area contributed by atoms with Crippen molar-refractivity contribution in [3.63, 3.8) is 0 Å². The van der Waals surface area contributed by atoms with Crippen LogP contribution in [0, 0.1) is 0 Å². The average Bonchev–Trinajstić information content (AvgIpc) is 2.26. The monoisotopic (exact) mass is 230 g/mol. The van der Waals surface area contributed by atoms with Crippen molar-refractivity contribution in [3.05, 3.63) is 34.9 Å². The van der Waals surface area contributed by atoms with Gasteiger partial charge in [-0.05, 0) is 36.0 Å². The highest BCUT2D eigenvalue weighted by Gasteiger charge is 2.01. The van der Waals surface area contributed by atoms with E-state index in [4.69, 9.17) is 23.2 Å². The molecule has 2 heteroatoms. The van der Waals surface area contributed by atoms with Crippen molar-refractivity contribution in [3.8, 4) is 0 Å². The number of aryl methyl sites for hydroxylation is 2. The van der Waals surface area contributed by atoms with E-state index in [1.165, 1.54) is 16.7 Å². The molecular formula is C12H16Cl2. The summed E-state index contributed by atoms with van der Waals surface area (Å²) >= 11 is 11.5. The third-order valence-electron chi connectivity index (χ3n) is 2.39. The molecule has 0 nitrogen and oxygen atoms in total. The molecule has 14 heavy (non-hydrogen) atoms. The lowest BCUT2D eigenvalue weighted by Gasteiger charge is -2.08. The van der Waals surface area contributed by atoms with Gasteiger partial charge in [0, 0.05) is 11.8 Å². The van der Waals surface area contributed by atoms with E-state index in [1.54, 1.807) is 0 Å². The predicted molar refractivity (Wildman–Crippen MR) is 64.4 cm³/mol. The zero-order valence-electron chi connectivity index (χ0n) is 8.52. The molecule has 0 radical (unpaired) electrons. The highest BCUT2D eigenvalue weighted by Crippen LogP contribution is 2.16. The van der Waals surface area contributed by atoms with Gasteiger partial charge in [-0.15, -0.1) is 23.2 Å². The number of benzene rings is 1. The number of hydrogen-bond acceptors (Lipinski definition) is 0. The van der Waals surface area contributed by atoms with Gasteiger partial charge in [-0.2, -0.15) is 0 Å². The van der Waals surface area contributed by atoms with Gasteiger partial charge in [0.05, 0.1) is 0 Å². The topological polar surface area (TPSA) is 0 Å². The first-order chi connectivity index (χ1) is 6.81. The molecule has 0 aliphatic heterocycles. The Labute approximate surface area is 96.2 Å². The first-order valence-electron chi connectivity index (χ1n) is 5.04. The van der Waals surface area contributed by atoms with Crippen LogP contribution in [0.5, 0.6) is 0 Å². The maximum atomic E-state index is 5.79. The maximum Gasteiger partial charge on any atom is 0.0474 e. The van der Waals surface area contributed by atoms with E-state index in [0.717, 1.165) is 25.1 Å². The fourth-order valence-corrected chi connectivity index (χ4v) is 1.89. The average molecular weight is 231 g/mol. The Morgan fingerprint density at radius 1 is 1.14 bits per heavy atom. The lowest BCUT2D eigenvalue weighted by atomic mass is 9.99. The second-order valence-corrected chi connectivity index (χ2v) is 4.03. The molecule has 1 aromatic rings. The van der Waals surface area contributed by atoms with Crippen molar-refractivity contribution in [1.82, 2.24) is 0 Å². The molecule has 0 aromatic heterocycles. The van der Waals surface area contributed by atoms with E-state index < -0.39 is 0 Å². The fraction of sp³-hybridized carbons (Fsp3) is 0.500. The first kappa shape index (κ1) is 11.9. The van der Waals surface area contributed by atoms with Crippen molar-refractivity contribution in [1.29, 1.82) is 0 Å². The Hall–Kier alpha value is -0.200. The summed E-state index contributed by atoms with van der Waals surface area (Å²) in [5, 5.41) is 0. The van der Waals surface area contributed by atoms with Gasteiger partial charge in [0.1, 0.15) is 0 Å². The number of hydrogen-bond donors (Lipinski definition) is 0. The summed E-state index contributed by atoms with van der Waals surface area (Å²) in [4.78, 5) is 0. The van der Waals surface area contributed by atoms with Crippen molar-refractivity contribution in [2.24, 2.45) is 0 Å². The molecule has 0 aliphatic rings. The molecule has 0 unspecified atom stereocenters. The summed E-state index contributed by atoms with van der Waals surface area (Å²) in [5.41, 5.74) is 4.04. The van der Waals surface area contributed by atoms with Crippen LogP contribution in [-0.4, -0.2) is 5.88 Å². The van der Waals surface area contributed by atoms with Crippen LogP contribution in [0.1, 0.15) is 30.0 Å². The van der Waals surface area contributed by atoms with E-state index in [1.807, 2.05) is 0 Å². The summed E-state index contributed by atoms with van der Waals surface area (Å²) in [6, 6.07) is 6.50. The Balaban J connectivity index is 2.82. The third kappa shape index (κ3) is 3.18. The molecule has 0 saturated heterocycles. The Morgan fingerprint density at radius 2 is 1.93 bits per heavy atom. The number of alkyl halides is 2. The second kappa shape index (κ2) is 6.31. The van der Waals surface area contributed by atoms with Crippen LogP contribution in [0.15, 0.2) is 18.2 Å². The molecule has 0 amide bonds. The lowest BCUT2D eigenvalue weighted by Crippen LogP contribution is -1.95. The molecular weight excluding hydrogens is 215 g/mol. The van der Waals surface area contributed by atoms with Crippen molar-refractivity contribution >= 4 is 23.2 Å². The highest BCUT2D eigenvalue weighted by atomic mass is 35.5. The molecule has 0 aliphatic carbocycles. The summed E-state index contributed by atoms with van der Waals surface area (Å²) in [5.74, 6) is 1.34. The molecule has 0 N–H and O–H groups in total. The zero-order chi connectivity index (χ0) is 10.4. The van der Waals surface area contributed by atoms with E-state index in [2.05, 4.69) is 25.1 Å². The summed E-state index contributed by atoms with van der Waals surface area (Å²) < 4.78 is 0. The van der Waals surface area contributed by atoms with Crippen LogP contribution in [0.2, 0.25) is 0 Å². The van der Waals surface area contributed by atoms with Crippen molar-refractivity contribution < 1.29 is 0 Å². The van der Waals surface area contributed by atoms with Crippen LogP contribution in [-0.2, 0) is 18.7 Å². The van der Waals surface area contributed by atoms with Gasteiger partial charge in [0.2, 0.25) is 0 Å². The van der Waals surface area contributed by atoms with Crippen LogP contribution < -0.4 is 0 Å². The predicted octanol–water partition coefficient (Wildman–Crippen LogP) is 4.16. The minimum absolute atomic E-state index is 0.600. The molecule has 0 fully saturated rings. The number of rotatable bonds is 5. The minimum atomic E-state index is 0.600. The molecule has 1 aromatic carbocycles. The van der Waals surface area contributed by atoms with Crippen LogP contribution in [0.25, 0.3) is 0 Å². The Bertz CT molecular complexity index is 282. The minimum Gasteiger partial charge on any atom is -0.127 e. The molecule has 0 heterocycles. The molecule has 0 atom stereocenters. The molecule has 0 spiro atoms. The van der Waals surface area contributed by atoms with E-state index in [0.29, 0.717) is 5.88 Å². The normalized spacial score (nSPS) is 10.5. The standard InChI is InChI=1S/C12H16Cl2/c1-2-11-8-10(9-14)5-6-12(11)4-3-7-13/h5-6,8H,2-4,7,9H2,1H3. The summed E-state index contributed by atoms with van der Waals surface area (Å²) in [6.45, 7) is 2.18. The van der Waals surface area contributed by atoms with Gasteiger partial charge in [-0.1, -0.05) is 25.1 Å². The second-order valence-electron chi connectivity index (χ2n) is 3.38. The Kier molecular flexibility index (Phi) is 5.36. The van der Waals surface area contributed by atoms with Gasteiger partial charge < -0.3 is 0 Å². The molecule has 0 bridgehead atoms. The quantitative estimate of drug-likeness (QED) is 0.667. The third-order valence-corrected chi connectivity index (χ3v) is 2.96. The van der Waals surface area contributed by atoms with Gasteiger partial charge in [-0.25, -0.2) is 0 Å². The van der Waals surface area contributed by atoms with Crippen molar-refractivity contribution in [2.75, 3.05) is 5.88 Å². The van der Waals surface area contributed by atoms with E-state index in [9.17, 15) is 0 Å². The van der Waals surface area contributed by atoms with Crippen LogP contribution >= 0.6 is 23.2 Å². The van der Waals surface area contributed by atoms with Gasteiger partial charge in [0.25, 0.3) is 0 Å². The molecule has 0 saturated carbocycles. The largest absolute Gasteiger partial charge is 0.127 e.